The number of nitrogens with zero attached hydrogens (tertiary/aromatic N) is 2. The van der Waals surface area contributed by atoms with E-state index in [0.29, 0.717) is 11.1 Å². The minimum absolute atomic E-state index is 0.0120. The molecule has 6 amide bonds. The minimum Gasteiger partial charge on any atom is -0.352 e. The van der Waals surface area contributed by atoms with Crippen molar-refractivity contribution in [3.8, 4) is 0 Å². The third-order valence-corrected chi connectivity index (χ3v) is 13.6. The van der Waals surface area contributed by atoms with Crippen LogP contribution in [-0.4, -0.2) is 132 Å². The zero-order valence-electron chi connectivity index (χ0n) is 42.6. The molecule has 1 aromatic carbocycles. The van der Waals surface area contributed by atoms with Crippen molar-refractivity contribution in [3.05, 3.63) is 35.4 Å². The van der Waals surface area contributed by atoms with Crippen LogP contribution >= 0.6 is 0 Å². The second kappa shape index (κ2) is 23.3. The highest BCUT2D eigenvalue weighted by molar-refractivity contribution is 6.02. The van der Waals surface area contributed by atoms with Gasteiger partial charge in [0.05, 0.1) is 12.1 Å². The number of hydrogen-bond acceptors (Lipinski definition) is 10. The molecule has 0 radical (unpaired) electrons. The van der Waals surface area contributed by atoms with E-state index in [4.69, 9.17) is 0 Å². The van der Waals surface area contributed by atoms with E-state index in [1.807, 2.05) is 83.1 Å². The third kappa shape index (κ3) is 14.6. The summed E-state index contributed by atoms with van der Waals surface area (Å²) in [6.07, 6.45) is 0.497. The monoisotopic (exact) mass is 923 g/mol. The van der Waals surface area contributed by atoms with Gasteiger partial charge in [-0.05, 0) is 95.2 Å². The lowest BCUT2D eigenvalue weighted by Gasteiger charge is -2.36. The fraction of sp³-hybridized carbons (Fsp3) is 0.720. The molecule has 2 aliphatic rings. The van der Waals surface area contributed by atoms with Gasteiger partial charge in [-0.2, -0.15) is 0 Å². The molecule has 10 atom stereocenters. The second-order valence-electron chi connectivity index (χ2n) is 21.8. The Hall–Kier alpha value is -4.70. The van der Waals surface area contributed by atoms with Crippen molar-refractivity contribution in [2.24, 2.45) is 34.5 Å². The summed E-state index contributed by atoms with van der Waals surface area (Å²) in [5, 5.41) is 17.7. The molecule has 6 N–H and O–H groups in total. The first kappa shape index (κ1) is 55.6. The van der Waals surface area contributed by atoms with Gasteiger partial charge in [-0.1, -0.05) is 87.4 Å². The summed E-state index contributed by atoms with van der Waals surface area (Å²) in [5.41, 5.74) is -0.777. The van der Waals surface area contributed by atoms with Crippen LogP contribution in [0.3, 0.4) is 0 Å². The zero-order chi connectivity index (χ0) is 50.2. The molecule has 66 heavy (non-hydrogen) atoms. The fourth-order valence-electron chi connectivity index (χ4n) is 8.15. The average Bonchev–Trinajstić information content (AvgIpc) is 3.87. The summed E-state index contributed by atoms with van der Waals surface area (Å²) in [7, 11) is 3.31. The Bertz CT molecular complexity index is 1790. The van der Waals surface area contributed by atoms with Crippen LogP contribution in [0.5, 0.6) is 0 Å². The van der Waals surface area contributed by atoms with Crippen molar-refractivity contribution in [2.45, 2.75) is 171 Å². The van der Waals surface area contributed by atoms with Crippen molar-refractivity contribution >= 4 is 47.0 Å². The van der Waals surface area contributed by atoms with Gasteiger partial charge in [0.15, 0.2) is 11.6 Å². The van der Waals surface area contributed by atoms with Crippen molar-refractivity contribution in [2.75, 3.05) is 27.2 Å². The van der Waals surface area contributed by atoms with Gasteiger partial charge in [-0.15, -0.1) is 0 Å². The number of ketones is 2. The molecule has 2 aliphatic heterocycles. The molecule has 370 valence electrons. The number of amides is 6. The Morgan fingerprint density at radius 3 is 1.18 bits per heavy atom. The fourth-order valence-corrected chi connectivity index (χ4v) is 8.15. The maximum atomic E-state index is 14.4. The van der Waals surface area contributed by atoms with E-state index in [2.05, 4.69) is 31.9 Å². The van der Waals surface area contributed by atoms with Gasteiger partial charge < -0.3 is 41.7 Å². The van der Waals surface area contributed by atoms with Gasteiger partial charge in [0.1, 0.15) is 24.2 Å². The molecule has 1 aromatic rings. The van der Waals surface area contributed by atoms with Crippen LogP contribution in [0.1, 0.15) is 143 Å². The lowest BCUT2D eigenvalue weighted by molar-refractivity contribution is -0.144. The highest BCUT2D eigenvalue weighted by Gasteiger charge is 2.47. The van der Waals surface area contributed by atoms with E-state index < -0.39 is 58.9 Å². The predicted molar refractivity (Wildman–Crippen MR) is 256 cm³/mol. The molecular weight excluding hydrogens is 841 g/mol. The highest BCUT2D eigenvalue weighted by Crippen LogP contribution is 2.33. The van der Waals surface area contributed by atoms with Crippen molar-refractivity contribution in [1.29, 1.82) is 0 Å². The molecular formula is C50H82N8O8. The van der Waals surface area contributed by atoms with Crippen molar-refractivity contribution in [1.82, 2.24) is 41.7 Å². The number of likely N-dealkylation sites (tertiary alicyclic amines) is 2. The molecule has 16 heteroatoms. The summed E-state index contributed by atoms with van der Waals surface area (Å²) in [6.45, 7) is 26.5. The van der Waals surface area contributed by atoms with Crippen LogP contribution in [0.15, 0.2) is 24.3 Å². The number of Topliss-reactive ketones (excluding diaryl/α,β-unsaturated/α-hetero) is 2. The van der Waals surface area contributed by atoms with E-state index in [1.165, 1.54) is 9.80 Å². The molecule has 2 heterocycles. The number of likely N-dealkylation sites (N-methyl/N-ethyl adjacent to an activating group) is 2. The second-order valence-corrected chi connectivity index (χ2v) is 21.8. The van der Waals surface area contributed by atoms with Crippen LogP contribution in [0.4, 0.5) is 0 Å². The SMILES string of the molecule is CN[C@@H](C)C(=O)N[C@H](C(=O)N1C[C@@H](CC(=O)c2cccc(C(=O)C[C@H]3C[C@@H](C(=O)N[C@H](C)C(C)C)N(C(=O)[C@@H](NC(=O)[C@H](C)NC)C(C)(C)C)C3)c2)C[C@H]1C(=O)N[C@H](C)C(C)C)C(C)(C)C. The van der Waals surface area contributed by atoms with E-state index in [1.54, 1.807) is 52.2 Å². The van der Waals surface area contributed by atoms with Crippen LogP contribution in [0.2, 0.25) is 0 Å². The standard InChI is InChI=1S/C50H82N8O8/c1-27(2)29(5)53-45(63)37-20-33(25-57(37)47(65)41(49(9,10)11)55-43(61)31(7)51-15)22-39(59)35-18-17-19-36(24-35)40(60)23-34-21-38(46(64)54-30(6)28(3)4)58(26-34)48(66)42(50(12,13)14)56-44(62)32(8)52-16/h17-19,24,27-34,37-38,41-42,51-52H,20-23,25-26H2,1-16H3,(H,53,63)(H,54,64)(H,55,61)(H,56,62)/t29-,30-,31+,32+,33-,34-,37+,38+,41-,42-/m1/s1. The Balaban J connectivity index is 1.87. The number of carbonyl (C=O) groups is 8. The number of nitrogens with one attached hydrogen (secondary N) is 6. The van der Waals surface area contributed by atoms with Gasteiger partial charge >= 0.3 is 0 Å². The molecule has 0 aromatic heterocycles. The van der Waals surface area contributed by atoms with Gasteiger partial charge in [0.2, 0.25) is 35.4 Å². The van der Waals surface area contributed by atoms with Gasteiger partial charge in [0.25, 0.3) is 0 Å². The molecule has 2 saturated heterocycles. The number of hydrogen-bond donors (Lipinski definition) is 6. The van der Waals surface area contributed by atoms with Crippen LogP contribution in [-0.2, 0) is 28.8 Å². The van der Waals surface area contributed by atoms with E-state index in [-0.39, 0.29) is 110 Å². The predicted octanol–water partition coefficient (Wildman–Crippen LogP) is 3.87. The molecule has 3 rings (SSSR count). The Kier molecular flexibility index (Phi) is 19.7. The van der Waals surface area contributed by atoms with Gasteiger partial charge in [-0.3, -0.25) is 38.4 Å². The maximum Gasteiger partial charge on any atom is 0.246 e. The molecule has 0 bridgehead atoms. The van der Waals surface area contributed by atoms with E-state index >= 15 is 0 Å². The lowest BCUT2D eigenvalue weighted by Crippen LogP contribution is -2.60. The lowest BCUT2D eigenvalue weighted by atomic mass is 9.85. The summed E-state index contributed by atoms with van der Waals surface area (Å²) >= 11 is 0. The van der Waals surface area contributed by atoms with Crippen molar-refractivity contribution < 1.29 is 38.4 Å². The summed E-state index contributed by atoms with van der Waals surface area (Å²) in [6, 6.07) is 1.42. The van der Waals surface area contributed by atoms with Gasteiger partial charge in [0, 0.05) is 49.1 Å². The number of benzene rings is 1. The Labute approximate surface area is 394 Å². The minimum atomic E-state index is -0.943. The zero-order valence-corrected chi connectivity index (χ0v) is 42.6. The quantitative estimate of drug-likeness (QED) is 0.104. The summed E-state index contributed by atoms with van der Waals surface area (Å²) in [5.74, 6) is -3.14. The van der Waals surface area contributed by atoms with Crippen molar-refractivity contribution in [3.63, 3.8) is 0 Å². The van der Waals surface area contributed by atoms with Gasteiger partial charge in [-0.25, -0.2) is 0 Å². The first-order valence-electron chi connectivity index (χ1n) is 23.9. The molecule has 0 saturated carbocycles. The molecule has 0 spiro atoms. The Morgan fingerprint density at radius 1 is 0.561 bits per heavy atom. The van der Waals surface area contributed by atoms with E-state index in [9.17, 15) is 38.4 Å². The third-order valence-electron chi connectivity index (χ3n) is 13.6. The van der Waals surface area contributed by atoms with Crippen LogP contribution in [0, 0.1) is 34.5 Å². The van der Waals surface area contributed by atoms with Crippen LogP contribution in [0.25, 0.3) is 0 Å². The molecule has 0 aliphatic carbocycles. The van der Waals surface area contributed by atoms with Crippen LogP contribution < -0.4 is 31.9 Å². The smallest absolute Gasteiger partial charge is 0.246 e. The largest absolute Gasteiger partial charge is 0.352 e. The molecule has 16 nitrogen and oxygen atoms in total. The number of rotatable bonds is 20. The molecule has 0 unspecified atom stereocenters. The Morgan fingerprint density at radius 2 is 0.894 bits per heavy atom. The topological polar surface area (TPSA) is 215 Å². The van der Waals surface area contributed by atoms with E-state index in [0.717, 1.165) is 0 Å². The summed E-state index contributed by atoms with van der Waals surface area (Å²) in [4.78, 5) is 114. The highest BCUT2D eigenvalue weighted by atomic mass is 16.2. The molecule has 2 fully saturated rings. The first-order valence-corrected chi connectivity index (χ1v) is 23.9. The summed E-state index contributed by atoms with van der Waals surface area (Å²) < 4.78 is 0. The maximum absolute atomic E-state index is 14.4. The first-order chi connectivity index (χ1) is 30.5. The average molecular weight is 923 g/mol. The number of carbonyl (C=O) groups excluding carboxylic acids is 8. The normalized spacial score (nSPS) is 21.7.